The second-order valence-corrected chi connectivity index (χ2v) is 6.04. The molecule has 3 aliphatic heterocycles. The summed E-state index contributed by atoms with van der Waals surface area (Å²) in [7, 11) is 1.35. The topological polar surface area (TPSA) is 93.1 Å². The zero-order chi connectivity index (χ0) is 16.3. The molecule has 1 aromatic carbocycles. The SMILES string of the molecule is COc1cc(N2C(=O)[C@@H]3[C@H](C2=O)[C@H]2CC[C@@H]3O2)ccc1C(=O)O. The number of hydrogen-bond donors (Lipinski definition) is 1. The van der Waals surface area contributed by atoms with Gasteiger partial charge in [0.05, 0.1) is 36.8 Å². The number of hydrogen-bond acceptors (Lipinski definition) is 5. The van der Waals surface area contributed by atoms with Crippen molar-refractivity contribution in [1.29, 1.82) is 0 Å². The van der Waals surface area contributed by atoms with Gasteiger partial charge in [0.2, 0.25) is 11.8 Å². The van der Waals surface area contributed by atoms with Crippen molar-refractivity contribution in [2.75, 3.05) is 12.0 Å². The lowest BCUT2D eigenvalue weighted by Crippen LogP contribution is -2.34. The summed E-state index contributed by atoms with van der Waals surface area (Å²) in [5, 5.41) is 9.12. The van der Waals surface area contributed by atoms with Gasteiger partial charge in [0.15, 0.2) is 0 Å². The number of rotatable bonds is 3. The quantitative estimate of drug-likeness (QED) is 0.838. The molecule has 7 heteroatoms. The molecule has 1 aromatic rings. The van der Waals surface area contributed by atoms with Crippen LogP contribution in [-0.2, 0) is 14.3 Å². The largest absolute Gasteiger partial charge is 0.496 e. The Hall–Kier alpha value is -2.41. The highest BCUT2D eigenvalue weighted by molar-refractivity contribution is 6.23. The molecule has 0 aromatic heterocycles. The van der Waals surface area contributed by atoms with E-state index in [0.717, 1.165) is 17.7 Å². The van der Waals surface area contributed by atoms with Gasteiger partial charge < -0.3 is 14.6 Å². The predicted molar refractivity (Wildman–Crippen MR) is 77.3 cm³/mol. The van der Waals surface area contributed by atoms with E-state index in [4.69, 9.17) is 14.6 Å². The summed E-state index contributed by atoms with van der Waals surface area (Å²) in [6.07, 6.45) is 1.26. The van der Waals surface area contributed by atoms with E-state index in [9.17, 15) is 14.4 Å². The average molecular weight is 317 g/mol. The molecule has 120 valence electrons. The maximum atomic E-state index is 12.7. The lowest BCUT2D eigenvalue weighted by molar-refractivity contribution is -0.124. The van der Waals surface area contributed by atoms with E-state index in [1.807, 2.05) is 0 Å². The molecule has 1 N–H and O–H groups in total. The molecule has 3 fully saturated rings. The minimum Gasteiger partial charge on any atom is -0.496 e. The molecular formula is C16H15NO6. The summed E-state index contributed by atoms with van der Waals surface area (Å²) in [5.41, 5.74) is 0.328. The first kappa shape index (κ1) is 14.2. The molecule has 0 radical (unpaired) electrons. The number of benzene rings is 1. The van der Waals surface area contributed by atoms with E-state index < -0.39 is 17.8 Å². The molecule has 0 saturated carbocycles. The van der Waals surface area contributed by atoms with Crippen LogP contribution in [0.5, 0.6) is 5.75 Å². The number of carboxylic acids is 1. The summed E-state index contributed by atoms with van der Waals surface area (Å²) in [6.45, 7) is 0. The molecule has 0 unspecified atom stereocenters. The first-order valence-corrected chi connectivity index (χ1v) is 7.47. The molecule has 3 aliphatic rings. The second-order valence-electron chi connectivity index (χ2n) is 6.04. The summed E-state index contributed by atoms with van der Waals surface area (Å²) in [5.74, 6) is -2.37. The van der Waals surface area contributed by atoms with Gasteiger partial charge in [-0.1, -0.05) is 0 Å². The molecule has 4 rings (SSSR count). The van der Waals surface area contributed by atoms with Crippen LogP contribution in [-0.4, -0.2) is 42.2 Å². The fraction of sp³-hybridized carbons (Fsp3) is 0.438. The number of anilines is 1. The maximum Gasteiger partial charge on any atom is 0.339 e. The van der Waals surface area contributed by atoms with E-state index in [-0.39, 0.29) is 35.3 Å². The first-order valence-electron chi connectivity index (χ1n) is 7.47. The van der Waals surface area contributed by atoms with Gasteiger partial charge in [-0.3, -0.25) is 9.59 Å². The van der Waals surface area contributed by atoms with E-state index in [1.165, 1.54) is 25.3 Å². The van der Waals surface area contributed by atoms with Crippen molar-refractivity contribution in [3.63, 3.8) is 0 Å². The van der Waals surface area contributed by atoms with Crippen molar-refractivity contribution in [2.24, 2.45) is 11.8 Å². The molecular weight excluding hydrogens is 302 g/mol. The van der Waals surface area contributed by atoms with Crippen LogP contribution in [0.1, 0.15) is 23.2 Å². The van der Waals surface area contributed by atoms with Crippen LogP contribution in [0.4, 0.5) is 5.69 Å². The standard InChI is InChI=1S/C16H15NO6/c1-22-11-6-7(2-3-8(11)16(20)21)17-14(18)12-9-4-5-10(23-9)13(12)15(17)19/h2-3,6,9-10,12-13H,4-5H2,1H3,(H,20,21)/t9-,10+,12-,13+. The number of fused-ring (bicyclic) bond motifs is 5. The van der Waals surface area contributed by atoms with Gasteiger partial charge >= 0.3 is 5.97 Å². The van der Waals surface area contributed by atoms with Crippen LogP contribution in [0.15, 0.2) is 18.2 Å². The van der Waals surface area contributed by atoms with Crippen molar-refractivity contribution < 1.29 is 29.0 Å². The molecule has 2 amide bonds. The Labute approximate surface area is 131 Å². The van der Waals surface area contributed by atoms with Gasteiger partial charge in [-0.25, -0.2) is 9.69 Å². The third kappa shape index (κ3) is 1.83. The monoisotopic (exact) mass is 317 g/mol. The molecule has 4 atom stereocenters. The van der Waals surface area contributed by atoms with Crippen LogP contribution in [0.3, 0.4) is 0 Å². The third-order valence-electron chi connectivity index (χ3n) is 4.96. The Bertz CT molecular complexity index is 701. The minimum absolute atomic E-state index is 0.0149. The number of carboxylic acid groups (broad SMARTS) is 1. The number of methoxy groups -OCH3 is 1. The number of carbonyl (C=O) groups is 3. The molecule has 0 spiro atoms. The fourth-order valence-corrected chi connectivity index (χ4v) is 3.96. The minimum atomic E-state index is -1.13. The Morgan fingerprint density at radius 3 is 2.35 bits per heavy atom. The predicted octanol–water partition coefficient (Wildman–Crippen LogP) is 1.06. The van der Waals surface area contributed by atoms with Crippen LogP contribution >= 0.6 is 0 Å². The van der Waals surface area contributed by atoms with Gasteiger partial charge in [0.1, 0.15) is 11.3 Å². The molecule has 2 bridgehead atoms. The summed E-state index contributed by atoms with van der Waals surface area (Å²) < 4.78 is 10.8. The molecule has 3 heterocycles. The van der Waals surface area contributed by atoms with Crippen LogP contribution in [0.2, 0.25) is 0 Å². The van der Waals surface area contributed by atoms with Crippen LogP contribution < -0.4 is 9.64 Å². The normalized spacial score (nSPS) is 31.6. The average Bonchev–Trinajstić information content (AvgIpc) is 3.20. The van der Waals surface area contributed by atoms with Gasteiger partial charge in [-0.2, -0.15) is 0 Å². The number of amides is 2. The van der Waals surface area contributed by atoms with Gasteiger partial charge in [0, 0.05) is 6.07 Å². The van der Waals surface area contributed by atoms with Gasteiger partial charge in [0.25, 0.3) is 0 Å². The Kier molecular flexibility index (Phi) is 2.96. The molecule has 23 heavy (non-hydrogen) atoms. The summed E-state index contributed by atoms with van der Waals surface area (Å²) >= 11 is 0. The smallest absolute Gasteiger partial charge is 0.339 e. The van der Waals surface area contributed by atoms with Crippen molar-refractivity contribution >= 4 is 23.5 Å². The van der Waals surface area contributed by atoms with Gasteiger partial charge in [-0.05, 0) is 25.0 Å². The third-order valence-corrected chi connectivity index (χ3v) is 4.96. The zero-order valence-electron chi connectivity index (χ0n) is 12.4. The number of aromatic carboxylic acids is 1. The highest BCUT2D eigenvalue weighted by Crippen LogP contribution is 2.49. The number of ether oxygens (including phenoxy) is 2. The Morgan fingerprint density at radius 2 is 1.83 bits per heavy atom. The highest BCUT2D eigenvalue weighted by Gasteiger charge is 2.62. The Morgan fingerprint density at radius 1 is 1.22 bits per heavy atom. The highest BCUT2D eigenvalue weighted by atomic mass is 16.5. The lowest BCUT2D eigenvalue weighted by Gasteiger charge is -2.18. The fourth-order valence-electron chi connectivity index (χ4n) is 3.96. The van der Waals surface area contributed by atoms with E-state index in [1.54, 1.807) is 0 Å². The molecule has 7 nitrogen and oxygen atoms in total. The first-order chi connectivity index (χ1) is 11.0. The Balaban J connectivity index is 1.73. The van der Waals surface area contributed by atoms with Crippen molar-refractivity contribution in [1.82, 2.24) is 0 Å². The number of imide groups is 1. The van der Waals surface area contributed by atoms with E-state index in [0.29, 0.717) is 5.69 Å². The lowest BCUT2D eigenvalue weighted by atomic mass is 9.81. The van der Waals surface area contributed by atoms with E-state index in [2.05, 4.69) is 0 Å². The van der Waals surface area contributed by atoms with Crippen LogP contribution in [0.25, 0.3) is 0 Å². The number of nitrogens with zero attached hydrogens (tertiary/aromatic N) is 1. The zero-order valence-corrected chi connectivity index (χ0v) is 12.4. The summed E-state index contributed by atoms with van der Waals surface area (Å²) in [4.78, 5) is 37.6. The molecule has 0 aliphatic carbocycles. The maximum absolute atomic E-state index is 12.7. The van der Waals surface area contributed by atoms with Crippen molar-refractivity contribution in [2.45, 2.75) is 25.0 Å². The van der Waals surface area contributed by atoms with E-state index >= 15 is 0 Å². The van der Waals surface area contributed by atoms with Gasteiger partial charge in [-0.15, -0.1) is 0 Å². The van der Waals surface area contributed by atoms with Crippen LogP contribution in [0, 0.1) is 11.8 Å². The van der Waals surface area contributed by atoms with Crippen molar-refractivity contribution in [3.05, 3.63) is 23.8 Å². The van der Waals surface area contributed by atoms with Crippen molar-refractivity contribution in [3.8, 4) is 5.75 Å². The number of carbonyl (C=O) groups excluding carboxylic acids is 2. The molecule has 3 saturated heterocycles. The summed E-state index contributed by atoms with van der Waals surface area (Å²) in [6, 6.07) is 4.23. The second kappa shape index (κ2) is 4.79.